The third-order valence-corrected chi connectivity index (χ3v) is 2.42. The molecule has 0 bridgehead atoms. The smallest absolute Gasteiger partial charge is 0.416 e. The van der Waals surface area contributed by atoms with E-state index in [2.05, 4.69) is 16.0 Å². The molecule has 0 saturated heterocycles. The van der Waals surface area contributed by atoms with Crippen LogP contribution in [0.1, 0.15) is 17.2 Å². The number of ether oxygens (including phenoxy) is 1. The number of alkyl halides is 3. The van der Waals surface area contributed by atoms with Gasteiger partial charge in [0.1, 0.15) is 6.04 Å². The van der Waals surface area contributed by atoms with Crippen LogP contribution in [0.15, 0.2) is 24.3 Å². The number of esters is 1. The molecule has 1 aromatic rings. The molecule has 0 fully saturated rings. The van der Waals surface area contributed by atoms with E-state index in [9.17, 15) is 18.0 Å². The van der Waals surface area contributed by atoms with Crippen LogP contribution in [-0.4, -0.2) is 19.6 Å². The van der Waals surface area contributed by atoms with Crippen LogP contribution >= 0.6 is 0 Å². The highest BCUT2D eigenvalue weighted by Gasteiger charge is 2.36. The lowest BCUT2D eigenvalue weighted by Crippen LogP contribution is -2.31. The maximum Gasteiger partial charge on any atom is 0.416 e. The Balaban J connectivity index is 3.23. The van der Waals surface area contributed by atoms with Crippen molar-refractivity contribution in [3.8, 4) is 12.3 Å². The van der Waals surface area contributed by atoms with Crippen molar-refractivity contribution < 1.29 is 22.7 Å². The van der Waals surface area contributed by atoms with Crippen LogP contribution in [0.3, 0.4) is 0 Å². The molecule has 3 nitrogen and oxygen atoms in total. The second-order valence-corrected chi connectivity index (χ2v) is 3.63. The SMILES string of the molecule is C#CCNC(C(=O)OC)c1ccccc1C(F)(F)F. The minimum atomic E-state index is -4.55. The molecule has 0 aliphatic rings. The summed E-state index contributed by atoms with van der Waals surface area (Å²) in [5.41, 5.74) is -1.10. The van der Waals surface area contributed by atoms with E-state index in [1.165, 1.54) is 18.2 Å². The number of hydrogen-bond acceptors (Lipinski definition) is 3. The largest absolute Gasteiger partial charge is 0.468 e. The molecule has 102 valence electrons. The predicted molar refractivity (Wildman–Crippen MR) is 63.0 cm³/mol. The lowest BCUT2D eigenvalue weighted by atomic mass is 10.00. The first-order valence-electron chi connectivity index (χ1n) is 5.32. The van der Waals surface area contributed by atoms with Crippen LogP contribution in [-0.2, 0) is 15.7 Å². The number of hydrogen-bond donors (Lipinski definition) is 1. The van der Waals surface area contributed by atoms with E-state index < -0.39 is 23.8 Å². The molecule has 0 radical (unpaired) electrons. The summed E-state index contributed by atoms with van der Waals surface area (Å²) in [6.07, 6.45) is 0.479. The molecule has 1 N–H and O–H groups in total. The van der Waals surface area contributed by atoms with Crippen LogP contribution in [0.25, 0.3) is 0 Å². The van der Waals surface area contributed by atoms with Gasteiger partial charge in [-0.25, -0.2) is 4.79 Å². The monoisotopic (exact) mass is 271 g/mol. The fourth-order valence-electron chi connectivity index (χ4n) is 1.61. The van der Waals surface area contributed by atoms with Gasteiger partial charge in [-0.05, 0) is 11.6 Å². The average Bonchev–Trinajstić information content (AvgIpc) is 2.38. The van der Waals surface area contributed by atoms with Gasteiger partial charge in [0.15, 0.2) is 0 Å². The third kappa shape index (κ3) is 3.73. The number of carbonyl (C=O) groups excluding carboxylic acids is 1. The van der Waals surface area contributed by atoms with Crippen molar-refractivity contribution >= 4 is 5.97 Å². The number of methoxy groups -OCH3 is 1. The maximum atomic E-state index is 12.9. The van der Waals surface area contributed by atoms with Crippen molar-refractivity contribution in [1.82, 2.24) is 5.32 Å². The van der Waals surface area contributed by atoms with Gasteiger partial charge in [-0.3, -0.25) is 5.32 Å². The first-order chi connectivity index (χ1) is 8.91. The second kappa shape index (κ2) is 6.25. The van der Waals surface area contributed by atoms with E-state index in [0.29, 0.717) is 0 Å². The van der Waals surface area contributed by atoms with Crippen molar-refractivity contribution in [2.45, 2.75) is 12.2 Å². The first-order valence-corrected chi connectivity index (χ1v) is 5.32. The topological polar surface area (TPSA) is 38.3 Å². The van der Waals surface area contributed by atoms with Gasteiger partial charge < -0.3 is 4.74 Å². The summed E-state index contributed by atoms with van der Waals surface area (Å²) in [5.74, 6) is 1.38. The Morgan fingerprint density at radius 2 is 2.11 bits per heavy atom. The Hall–Kier alpha value is -2.00. The van der Waals surface area contributed by atoms with E-state index >= 15 is 0 Å². The van der Waals surface area contributed by atoms with Crippen molar-refractivity contribution in [3.05, 3.63) is 35.4 Å². The number of terminal acetylenes is 1. The molecule has 6 heteroatoms. The van der Waals surface area contributed by atoms with Crippen molar-refractivity contribution in [3.63, 3.8) is 0 Å². The Bertz CT molecular complexity index is 491. The fourth-order valence-corrected chi connectivity index (χ4v) is 1.61. The average molecular weight is 271 g/mol. The van der Waals surface area contributed by atoms with Crippen LogP contribution in [0.4, 0.5) is 13.2 Å². The summed E-state index contributed by atoms with van der Waals surface area (Å²) in [5, 5.41) is 2.54. The first kappa shape index (κ1) is 15.1. The Morgan fingerprint density at radius 1 is 1.47 bits per heavy atom. The van der Waals surface area contributed by atoms with Crippen LogP contribution in [0, 0.1) is 12.3 Å². The molecule has 0 aliphatic heterocycles. The van der Waals surface area contributed by atoms with Crippen molar-refractivity contribution in [2.75, 3.05) is 13.7 Å². The molecule has 1 rings (SSSR count). The molecule has 0 aromatic heterocycles. The van der Waals surface area contributed by atoms with E-state index in [0.717, 1.165) is 13.2 Å². The summed E-state index contributed by atoms with van der Waals surface area (Å²) < 4.78 is 43.1. The predicted octanol–water partition coefficient (Wildman–Crippen LogP) is 2.14. The van der Waals surface area contributed by atoms with Crippen LogP contribution in [0.5, 0.6) is 0 Å². The van der Waals surface area contributed by atoms with Crippen LogP contribution in [0.2, 0.25) is 0 Å². The summed E-state index contributed by atoms with van der Waals surface area (Å²) in [6.45, 7) is -0.0496. The normalized spacial score (nSPS) is 12.6. The van der Waals surface area contributed by atoms with Gasteiger partial charge in [0, 0.05) is 0 Å². The molecule has 1 unspecified atom stereocenters. The molecule has 1 atom stereocenters. The highest BCUT2D eigenvalue weighted by molar-refractivity contribution is 5.78. The minimum Gasteiger partial charge on any atom is -0.468 e. The van der Waals surface area contributed by atoms with Crippen LogP contribution < -0.4 is 5.32 Å². The van der Waals surface area contributed by atoms with Gasteiger partial charge >= 0.3 is 12.1 Å². The van der Waals surface area contributed by atoms with Gasteiger partial charge in [0.2, 0.25) is 0 Å². The number of rotatable bonds is 4. The second-order valence-electron chi connectivity index (χ2n) is 3.63. The number of benzene rings is 1. The zero-order valence-electron chi connectivity index (χ0n) is 10.1. The Morgan fingerprint density at radius 3 is 2.63 bits per heavy atom. The van der Waals surface area contributed by atoms with Crippen molar-refractivity contribution in [2.24, 2.45) is 0 Å². The van der Waals surface area contributed by atoms with E-state index in [-0.39, 0.29) is 12.1 Å². The standard InChI is InChI=1S/C13H12F3NO2/c1-3-8-17-11(12(18)19-2)9-6-4-5-7-10(9)13(14,15)16/h1,4-7,11,17H,8H2,2H3. The van der Waals surface area contributed by atoms with Gasteiger partial charge in [-0.15, -0.1) is 6.42 Å². The van der Waals surface area contributed by atoms with Gasteiger partial charge in [0.05, 0.1) is 19.2 Å². The van der Waals surface area contributed by atoms with Gasteiger partial charge in [-0.1, -0.05) is 24.1 Å². The molecular formula is C13H12F3NO2. The molecule has 0 spiro atoms. The Labute approximate surface area is 108 Å². The third-order valence-electron chi connectivity index (χ3n) is 2.42. The van der Waals surface area contributed by atoms with Gasteiger partial charge in [0.25, 0.3) is 0 Å². The Kier molecular flexibility index (Phi) is 4.95. The number of carbonyl (C=O) groups is 1. The van der Waals surface area contributed by atoms with E-state index in [1.807, 2.05) is 0 Å². The maximum absolute atomic E-state index is 12.9. The molecule has 1 aromatic carbocycles. The number of nitrogens with one attached hydrogen (secondary N) is 1. The highest BCUT2D eigenvalue weighted by Crippen LogP contribution is 2.34. The molecule has 0 aliphatic carbocycles. The lowest BCUT2D eigenvalue weighted by Gasteiger charge is -2.20. The summed E-state index contributed by atoms with van der Waals surface area (Å²) in [6, 6.07) is 3.54. The lowest BCUT2D eigenvalue weighted by molar-refractivity contribution is -0.144. The zero-order chi connectivity index (χ0) is 14.5. The van der Waals surface area contributed by atoms with Gasteiger partial charge in [-0.2, -0.15) is 13.2 Å². The molecule has 19 heavy (non-hydrogen) atoms. The molecule has 0 amide bonds. The summed E-state index contributed by atoms with van der Waals surface area (Å²) in [4.78, 5) is 11.6. The quantitative estimate of drug-likeness (QED) is 0.673. The number of halogens is 3. The summed E-state index contributed by atoms with van der Waals surface area (Å²) in [7, 11) is 1.10. The van der Waals surface area contributed by atoms with E-state index in [4.69, 9.17) is 6.42 Å². The summed E-state index contributed by atoms with van der Waals surface area (Å²) >= 11 is 0. The highest BCUT2D eigenvalue weighted by atomic mass is 19.4. The molecular weight excluding hydrogens is 259 g/mol. The molecule has 0 heterocycles. The fraction of sp³-hybridized carbons (Fsp3) is 0.308. The molecule has 0 saturated carbocycles. The van der Waals surface area contributed by atoms with Crippen molar-refractivity contribution in [1.29, 1.82) is 0 Å². The van der Waals surface area contributed by atoms with E-state index in [1.54, 1.807) is 0 Å². The zero-order valence-corrected chi connectivity index (χ0v) is 10.1. The minimum absolute atomic E-state index is 0.0496.